The Labute approximate surface area is 102 Å². The molecule has 0 amide bonds. The standard InChI is InChI=1S/C8H18ClO5PS/c1-5-13-15(10,14-6-2)8(9)16(11,12)7(3)4/h7-8H,5-6H2,1-4H3. The molecule has 0 saturated heterocycles. The molecule has 0 saturated carbocycles. The van der Waals surface area contributed by atoms with Crippen LogP contribution < -0.4 is 0 Å². The average Bonchev–Trinajstić information content (AvgIpc) is 2.17. The molecule has 1 unspecified atom stereocenters. The Hall–Kier alpha value is 0.390. The van der Waals surface area contributed by atoms with Gasteiger partial charge in [0.1, 0.15) is 0 Å². The number of sulfone groups is 1. The molecule has 98 valence electrons. The predicted octanol–water partition coefficient (Wildman–Crippen LogP) is 2.60. The SMILES string of the molecule is CCOP(=O)(OCC)C(Cl)S(=O)(=O)C(C)C. The quantitative estimate of drug-likeness (QED) is 0.533. The smallest absolute Gasteiger partial charge is 0.307 e. The van der Waals surface area contributed by atoms with Crippen LogP contribution in [0.2, 0.25) is 0 Å². The largest absolute Gasteiger partial charge is 0.363 e. The molecule has 8 heteroatoms. The van der Waals surface area contributed by atoms with Gasteiger partial charge in [-0.1, -0.05) is 11.6 Å². The number of halogens is 1. The summed E-state index contributed by atoms with van der Waals surface area (Å²) in [6, 6.07) is 0. The molecule has 0 bridgehead atoms. The molecule has 0 aliphatic heterocycles. The maximum atomic E-state index is 12.1. The van der Waals surface area contributed by atoms with Crippen LogP contribution in [0.3, 0.4) is 0 Å². The van der Waals surface area contributed by atoms with Crippen molar-refractivity contribution in [2.24, 2.45) is 0 Å². The first-order valence-corrected chi connectivity index (χ1v) is 8.63. The summed E-state index contributed by atoms with van der Waals surface area (Å²) in [7, 11) is -7.53. The van der Waals surface area contributed by atoms with Crippen LogP contribution in [0.5, 0.6) is 0 Å². The Kier molecular flexibility index (Phi) is 6.51. The molecular weight excluding hydrogens is 275 g/mol. The van der Waals surface area contributed by atoms with Crippen LogP contribution in [0.25, 0.3) is 0 Å². The lowest BCUT2D eigenvalue weighted by Gasteiger charge is -2.22. The minimum Gasteiger partial charge on any atom is -0.307 e. The van der Waals surface area contributed by atoms with Gasteiger partial charge in [0.05, 0.1) is 18.5 Å². The second-order valence-electron chi connectivity index (χ2n) is 3.31. The van der Waals surface area contributed by atoms with Gasteiger partial charge in [0.25, 0.3) is 0 Å². The molecule has 0 N–H and O–H groups in total. The Morgan fingerprint density at radius 3 is 1.81 bits per heavy atom. The van der Waals surface area contributed by atoms with E-state index in [2.05, 4.69) is 0 Å². The van der Waals surface area contributed by atoms with E-state index < -0.39 is 27.1 Å². The van der Waals surface area contributed by atoms with E-state index in [0.29, 0.717) is 0 Å². The highest BCUT2D eigenvalue weighted by atomic mass is 35.5. The average molecular weight is 293 g/mol. The van der Waals surface area contributed by atoms with Crippen molar-refractivity contribution in [3.8, 4) is 0 Å². The van der Waals surface area contributed by atoms with Gasteiger partial charge in [-0.15, -0.1) is 0 Å². The minimum absolute atomic E-state index is 0.0775. The minimum atomic E-state index is -3.81. The molecule has 0 radical (unpaired) electrons. The van der Waals surface area contributed by atoms with E-state index >= 15 is 0 Å². The van der Waals surface area contributed by atoms with Crippen LogP contribution in [0.4, 0.5) is 0 Å². The van der Waals surface area contributed by atoms with Gasteiger partial charge in [0, 0.05) is 0 Å². The lowest BCUT2D eigenvalue weighted by atomic mass is 10.6. The summed E-state index contributed by atoms with van der Waals surface area (Å²) < 4.78 is 43.8. The first-order chi connectivity index (χ1) is 7.22. The van der Waals surface area contributed by atoms with Crippen LogP contribution in [0.15, 0.2) is 0 Å². The van der Waals surface area contributed by atoms with Crippen LogP contribution >= 0.6 is 19.2 Å². The van der Waals surface area contributed by atoms with E-state index in [1.54, 1.807) is 13.8 Å². The van der Waals surface area contributed by atoms with Gasteiger partial charge in [0.15, 0.2) is 9.84 Å². The number of alkyl halides is 1. The summed E-state index contributed by atoms with van der Waals surface area (Å²) in [5.41, 5.74) is 0. The molecule has 1 atom stereocenters. The van der Waals surface area contributed by atoms with E-state index in [1.165, 1.54) is 13.8 Å². The highest BCUT2D eigenvalue weighted by Gasteiger charge is 2.44. The fraction of sp³-hybridized carbons (Fsp3) is 1.00. The summed E-state index contributed by atoms with van der Waals surface area (Å²) in [4.78, 5) is 0. The summed E-state index contributed by atoms with van der Waals surface area (Å²) >= 11 is 5.73. The van der Waals surface area contributed by atoms with Crippen LogP contribution in [0, 0.1) is 0 Å². The van der Waals surface area contributed by atoms with E-state index in [1.807, 2.05) is 0 Å². The molecule has 5 nitrogen and oxygen atoms in total. The first kappa shape index (κ1) is 16.4. The zero-order chi connectivity index (χ0) is 13.0. The fourth-order valence-electron chi connectivity index (χ4n) is 0.919. The lowest BCUT2D eigenvalue weighted by Crippen LogP contribution is -2.26. The van der Waals surface area contributed by atoms with Crippen LogP contribution in [-0.4, -0.2) is 31.3 Å². The number of hydrogen-bond donors (Lipinski definition) is 0. The Morgan fingerprint density at radius 2 is 1.56 bits per heavy atom. The number of hydrogen-bond acceptors (Lipinski definition) is 5. The summed E-state index contributed by atoms with van der Waals surface area (Å²) in [5.74, 6) is 0. The molecule has 0 heterocycles. The van der Waals surface area contributed by atoms with Crippen LogP contribution in [-0.2, 0) is 23.4 Å². The third kappa shape index (κ3) is 3.70. The molecule has 0 aromatic rings. The van der Waals surface area contributed by atoms with Crippen molar-refractivity contribution in [2.45, 2.75) is 37.4 Å². The zero-order valence-corrected chi connectivity index (χ0v) is 12.3. The van der Waals surface area contributed by atoms with Crippen LogP contribution in [0.1, 0.15) is 27.7 Å². The van der Waals surface area contributed by atoms with Gasteiger partial charge in [-0.05, 0) is 27.7 Å². The van der Waals surface area contributed by atoms with E-state index in [-0.39, 0.29) is 13.2 Å². The van der Waals surface area contributed by atoms with E-state index in [4.69, 9.17) is 20.6 Å². The van der Waals surface area contributed by atoms with Crippen molar-refractivity contribution in [3.05, 3.63) is 0 Å². The lowest BCUT2D eigenvalue weighted by molar-refractivity contribution is 0.221. The molecule has 0 rings (SSSR count). The van der Waals surface area contributed by atoms with E-state index in [9.17, 15) is 13.0 Å². The Morgan fingerprint density at radius 1 is 1.19 bits per heavy atom. The number of rotatable bonds is 7. The maximum absolute atomic E-state index is 12.1. The predicted molar refractivity (Wildman–Crippen MR) is 64.6 cm³/mol. The second kappa shape index (κ2) is 6.36. The van der Waals surface area contributed by atoms with Crippen molar-refractivity contribution in [2.75, 3.05) is 13.2 Å². The molecule has 0 aliphatic rings. The zero-order valence-electron chi connectivity index (χ0n) is 9.84. The summed E-state index contributed by atoms with van der Waals surface area (Å²) in [5, 5.41) is -0.732. The summed E-state index contributed by atoms with van der Waals surface area (Å²) in [6.45, 7) is 6.27. The molecule has 0 spiro atoms. The van der Waals surface area contributed by atoms with Crippen molar-refractivity contribution in [1.82, 2.24) is 0 Å². The third-order valence-electron chi connectivity index (χ3n) is 1.79. The highest BCUT2D eigenvalue weighted by Crippen LogP contribution is 2.57. The van der Waals surface area contributed by atoms with Gasteiger partial charge in [-0.25, -0.2) is 8.42 Å². The molecule has 0 aliphatic carbocycles. The van der Waals surface area contributed by atoms with Gasteiger partial charge >= 0.3 is 7.60 Å². The second-order valence-corrected chi connectivity index (χ2v) is 9.36. The molecule has 0 fully saturated rings. The molecular formula is C8H18ClO5PS. The van der Waals surface area contributed by atoms with Gasteiger partial charge in [-0.2, -0.15) is 0 Å². The normalized spacial score (nSPS) is 15.4. The van der Waals surface area contributed by atoms with Crippen molar-refractivity contribution in [1.29, 1.82) is 0 Å². The summed E-state index contributed by atoms with van der Waals surface area (Å²) in [6.07, 6.45) is 0. The molecule has 0 aromatic carbocycles. The maximum Gasteiger partial charge on any atom is 0.363 e. The van der Waals surface area contributed by atoms with Gasteiger partial charge in [-0.3, -0.25) is 4.57 Å². The topological polar surface area (TPSA) is 69.7 Å². The van der Waals surface area contributed by atoms with E-state index in [0.717, 1.165) is 0 Å². The van der Waals surface area contributed by atoms with Crippen molar-refractivity contribution in [3.63, 3.8) is 0 Å². The van der Waals surface area contributed by atoms with Gasteiger partial charge < -0.3 is 9.05 Å². The molecule has 16 heavy (non-hydrogen) atoms. The van der Waals surface area contributed by atoms with Gasteiger partial charge in [0.2, 0.25) is 4.45 Å². The fourth-order valence-corrected chi connectivity index (χ4v) is 5.89. The molecule has 0 aromatic heterocycles. The Bertz CT molecular complexity index is 343. The third-order valence-corrected chi connectivity index (χ3v) is 8.50. The van der Waals surface area contributed by atoms with Crippen molar-refractivity contribution >= 4 is 29.0 Å². The van der Waals surface area contributed by atoms with Crippen molar-refractivity contribution < 1.29 is 22.0 Å². The first-order valence-electron chi connectivity index (χ1n) is 4.98. The monoisotopic (exact) mass is 292 g/mol. The highest BCUT2D eigenvalue weighted by molar-refractivity contribution is 8.00. The Balaban J connectivity index is 5.18.